The van der Waals surface area contributed by atoms with Gasteiger partial charge < -0.3 is 19.2 Å². The summed E-state index contributed by atoms with van der Waals surface area (Å²) in [5, 5.41) is 0.366. The summed E-state index contributed by atoms with van der Waals surface area (Å²) in [4.78, 5) is 27.2. The van der Waals surface area contributed by atoms with E-state index in [1.165, 1.54) is 19.4 Å². The van der Waals surface area contributed by atoms with Crippen LogP contribution in [-0.2, 0) is 11.3 Å². The van der Waals surface area contributed by atoms with E-state index in [-0.39, 0.29) is 12.2 Å². The fourth-order valence-corrected chi connectivity index (χ4v) is 2.99. The van der Waals surface area contributed by atoms with Crippen molar-refractivity contribution in [3.8, 4) is 22.8 Å². The van der Waals surface area contributed by atoms with E-state index in [1.807, 2.05) is 30.3 Å². The molecule has 3 rings (SSSR count). The van der Waals surface area contributed by atoms with Crippen LogP contribution in [0, 0.1) is 0 Å². The fraction of sp³-hybridized carbons (Fsp3) is 0.182. The van der Waals surface area contributed by atoms with Crippen LogP contribution in [0.15, 0.2) is 59.5 Å². The number of aromatic amines is 1. The first kappa shape index (κ1) is 20.5. The smallest absolute Gasteiger partial charge is 0.343 e. The second-order valence-electron chi connectivity index (χ2n) is 6.10. The number of carbonyl (C=O) groups excluding carboxylic acids is 1. The SMILES string of the molecule is CCOC(=O)c1c[nH]c(-c2cc(Cl)c(OC)cc2OCc2ccccc2)cc1=O. The molecule has 1 N–H and O–H groups in total. The van der Waals surface area contributed by atoms with Gasteiger partial charge in [-0.15, -0.1) is 0 Å². The van der Waals surface area contributed by atoms with E-state index >= 15 is 0 Å². The third kappa shape index (κ3) is 4.78. The van der Waals surface area contributed by atoms with Crippen LogP contribution in [0.5, 0.6) is 11.5 Å². The standard InChI is InChI=1S/C22H20ClNO5/c1-3-28-22(26)16-12-24-18(10-19(16)25)15-9-17(23)21(27-2)11-20(15)29-13-14-7-5-4-6-8-14/h4-12H,3,13H2,1-2H3,(H,24,25). The maximum absolute atomic E-state index is 12.4. The van der Waals surface area contributed by atoms with Crippen molar-refractivity contribution < 1.29 is 19.0 Å². The normalized spacial score (nSPS) is 10.4. The third-order valence-electron chi connectivity index (χ3n) is 4.19. The van der Waals surface area contributed by atoms with E-state index in [4.69, 9.17) is 25.8 Å². The Morgan fingerprint density at radius 2 is 1.86 bits per heavy atom. The molecular formula is C22H20ClNO5. The summed E-state index contributed by atoms with van der Waals surface area (Å²) < 4.78 is 16.2. The first-order chi connectivity index (χ1) is 14.0. The van der Waals surface area contributed by atoms with Crippen molar-refractivity contribution in [1.29, 1.82) is 0 Å². The Hall–Kier alpha value is -3.25. The Balaban J connectivity index is 1.99. The fourth-order valence-electron chi connectivity index (χ4n) is 2.75. The highest BCUT2D eigenvalue weighted by Crippen LogP contribution is 2.38. The molecule has 150 valence electrons. The minimum Gasteiger partial charge on any atom is -0.495 e. The highest BCUT2D eigenvalue weighted by Gasteiger charge is 2.17. The second-order valence-corrected chi connectivity index (χ2v) is 6.51. The largest absolute Gasteiger partial charge is 0.495 e. The Bertz CT molecular complexity index is 1060. The molecule has 0 bridgehead atoms. The van der Waals surface area contributed by atoms with E-state index < -0.39 is 11.4 Å². The van der Waals surface area contributed by atoms with Crippen LogP contribution >= 0.6 is 11.6 Å². The van der Waals surface area contributed by atoms with Gasteiger partial charge in [-0.05, 0) is 18.6 Å². The summed E-state index contributed by atoms with van der Waals surface area (Å²) in [6.07, 6.45) is 1.33. The van der Waals surface area contributed by atoms with Gasteiger partial charge in [-0.1, -0.05) is 41.9 Å². The monoisotopic (exact) mass is 413 g/mol. The van der Waals surface area contributed by atoms with Crippen molar-refractivity contribution in [2.75, 3.05) is 13.7 Å². The summed E-state index contributed by atoms with van der Waals surface area (Å²) in [6, 6.07) is 14.3. The van der Waals surface area contributed by atoms with Gasteiger partial charge in [0.15, 0.2) is 5.43 Å². The number of esters is 1. The van der Waals surface area contributed by atoms with Crippen LogP contribution in [0.3, 0.4) is 0 Å². The van der Waals surface area contributed by atoms with Crippen LogP contribution in [0.25, 0.3) is 11.3 Å². The molecular weight excluding hydrogens is 394 g/mol. The van der Waals surface area contributed by atoms with Gasteiger partial charge in [0, 0.05) is 23.9 Å². The third-order valence-corrected chi connectivity index (χ3v) is 4.48. The molecule has 6 nitrogen and oxygen atoms in total. The number of H-pyrrole nitrogens is 1. The maximum Gasteiger partial charge on any atom is 0.343 e. The van der Waals surface area contributed by atoms with Gasteiger partial charge in [-0.3, -0.25) is 4.79 Å². The zero-order valence-electron chi connectivity index (χ0n) is 16.0. The molecule has 0 aliphatic carbocycles. The van der Waals surface area contributed by atoms with Crippen LogP contribution in [0.2, 0.25) is 5.02 Å². The quantitative estimate of drug-likeness (QED) is 0.578. The molecule has 2 aromatic carbocycles. The molecule has 0 aliphatic heterocycles. The number of nitrogens with one attached hydrogen (secondary N) is 1. The molecule has 1 aromatic heterocycles. The van der Waals surface area contributed by atoms with Crippen LogP contribution < -0.4 is 14.9 Å². The predicted octanol–water partition coefficient (Wildman–Crippen LogP) is 4.46. The number of benzene rings is 2. The molecule has 0 aliphatic rings. The predicted molar refractivity (Wildman–Crippen MR) is 111 cm³/mol. The molecule has 3 aromatic rings. The van der Waals surface area contributed by atoms with Gasteiger partial charge in [0.05, 0.1) is 24.4 Å². The zero-order chi connectivity index (χ0) is 20.8. The number of rotatable bonds is 7. The van der Waals surface area contributed by atoms with Gasteiger partial charge in [0.25, 0.3) is 0 Å². The van der Waals surface area contributed by atoms with Crippen molar-refractivity contribution in [3.05, 3.63) is 81.1 Å². The summed E-state index contributed by atoms with van der Waals surface area (Å²) in [6.45, 7) is 2.19. The number of ether oxygens (including phenoxy) is 3. The number of methoxy groups -OCH3 is 1. The first-order valence-electron chi connectivity index (χ1n) is 8.98. The Labute approximate surface area is 173 Å². The number of aromatic nitrogens is 1. The number of hydrogen-bond donors (Lipinski definition) is 1. The molecule has 0 unspecified atom stereocenters. The van der Waals surface area contributed by atoms with Crippen LogP contribution in [0.1, 0.15) is 22.8 Å². The van der Waals surface area contributed by atoms with Crippen molar-refractivity contribution in [2.24, 2.45) is 0 Å². The number of pyridine rings is 1. The molecule has 7 heteroatoms. The molecule has 0 saturated carbocycles. The minimum absolute atomic E-state index is 0.0676. The lowest BCUT2D eigenvalue weighted by Crippen LogP contribution is -2.17. The van der Waals surface area contributed by atoms with Crippen molar-refractivity contribution in [3.63, 3.8) is 0 Å². The average molecular weight is 414 g/mol. The number of halogens is 1. The first-order valence-corrected chi connectivity index (χ1v) is 9.35. The zero-order valence-corrected chi connectivity index (χ0v) is 16.8. The van der Waals surface area contributed by atoms with Crippen molar-refractivity contribution in [2.45, 2.75) is 13.5 Å². The van der Waals surface area contributed by atoms with E-state index in [9.17, 15) is 9.59 Å². The van der Waals surface area contributed by atoms with Crippen molar-refractivity contribution in [1.82, 2.24) is 4.98 Å². The summed E-state index contributed by atoms with van der Waals surface area (Å²) in [5.74, 6) is 0.257. The van der Waals surface area contributed by atoms with Gasteiger partial charge in [-0.25, -0.2) is 4.79 Å². The molecule has 0 radical (unpaired) electrons. The van der Waals surface area contributed by atoms with Gasteiger partial charge in [0.1, 0.15) is 23.7 Å². The lowest BCUT2D eigenvalue weighted by Gasteiger charge is -2.15. The molecule has 0 spiro atoms. The van der Waals surface area contributed by atoms with E-state index in [0.29, 0.717) is 34.4 Å². The summed E-state index contributed by atoms with van der Waals surface area (Å²) in [5.41, 5.74) is 1.48. The Morgan fingerprint density at radius 3 is 2.52 bits per heavy atom. The van der Waals surface area contributed by atoms with E-state index in [0.717, 1.165) is 5.56 Å². The topological polar surface area (TPSA) is 77.6 Å². The molecule has 0 fully saturated rings. The lowest BCUT2D eigenvalue weighted by molar-refractivity contribution is 0.0524. The lowest BCUT2D eigenvalue weighted by atomic mass is 10.1. The number of carbonyl (C=O) groups is 1. The van der Waals surface area contributed by atoms with Gasteiger partial charge in [-0.2, -0.15) is 0 Å². The van der Waals surface area contributed by atoms with Gasteiger partial charge in [0.2, 0.25) is 0 Å². The minimum atomic E-state index is -0.673. The highest BCUT2D eigenvalue weighted by molar-refractivity contribution is 6.32. The molecule has 0 saturated heterocycles. The Morgan fingerprint density at radius 1 is 1.10 bits per heavy atom. The van der Waals surface area contributed by atoms with Crippen molar-refractivity contribution >= 4 is 17.6 Å². The molecule has 1 heterocycles. The van der Waals surface area contributed by atoms with E-state index in [1.54, 1.807) is 19.1 Å². The Kier molecular flexibility index (Phi) is 6.57. The highest BCUT2D eigenvalue weighted by atomic mass is 35.5. The number of hydrogen-bond acceptors (Lipinski definition) is 5. The maximum atomic E-state index is 12.4. The van der Waals surface area contributed by atoms with Gasteiger partial charge >= 0.3 is 5.97 Å². The molecule has 29 heavy (non-hydrogen) atoms. The van der Waals surface area contributed by atoms with Crippen LogP contribution in [0.4, 0.5) is 0 Å². The second kappa shape index (κ2) is 9.30. The molecule has 0 atom stereocenters. The van der Waals surface area contributed by atoms with Crippen LogP contribution in [-0.4, -0.2) is 24.7 Å². The van der Waals surface area contributed by atoms with E-state index in [2.05, 4.69) is 4.98 Å². The molecule has 0 amide bonds. The summed E-state index contributed by atoms with van der Waals surface area (Å²) in [7, 11) is 1.51. The average Bonchev–Trinajstić information content (AvgIpc) is 2.73. The summed E-state index contributed by atoms with van der Waals surface area (Å²) >= 11 is 6.28.